The Balaban J connectivity index is 2.14. The molecule has 2 rings (SSSR count). The first-order chi connectivity index (χ1) is 7.72. The van der Waals surface area contributed by atoms with Gasteiger partial charge in [0.2, 0.25) is 0 Å². The highest BCUT2D eigenvalue weighted by Crippen LogP contribution is 2.28. The molecule has 4 nitrogen and oxygen atoms in total. The summed E-state index contributed by atoms with van der Waals surface area (Å²) < 4.78 is 7.36. The molecule has 0 radical (unpaired) electrons. The number of aromatic nitrogens is 2. The van der Waals surface area contributed by atoms with Crippen LogP contribution >= 0.6 is 0 Å². The predicted octanol–water partition coefficient (Wildman–Crippen LogP) is 1.41. The first kappa shape index (κ1) is 11.6. The van der Waals surface area contributed by atoms with Gasteiger partial charge in [-0.05, 0) is 19.3 Å². The van der Waals surface area contributed by atoms with E-state index in [0.29, 0.717) is 5.92 Å². The van der Waals surface area contributed by atoms with Crippen molar-refractivity contribution in [2.45, 2.75) is 32.2 Å². The average Bonchev–Trinajstić information content (AvgIpc) is 2.70. The van der Waals surface area contributed by atoms with E-state index in [2.05, 4.69) is 18.2 Å². The van der Waals surface area contributed by atoms with E-state index in [0.717, 1.165) is 31.7 Å². The Morgan fingerprint density at radius 1 is 1.69 bits per heavy atom. The maximum atomic E-state index is 6.33. The van der Waals surface area contributed by atoms with E-state index in [-0.39, 0.29) is 6.04 Å². The van der Waals surface area contributed by atoms with E-state index in [4.69, 9.17) is 10.5 Å². The van der Waals surface area contributed by atoms with Crippen molar-refractivity contribution in [2.75, 3.05) is 13.2 Å². The predicted molar refractivity (Wildman–Crippen MR) is 63.1 cm³/mol. The van der Waals surface area contributed by atoms with Gasteiger partial charge in [0.05, 0.1) is 12.3 Å². The third-order valence-corrected chi connectivity index (χ3v) is 3.33. The number of ether oxygens (including phenoxy) is 1. The van der Waals surface area contributed by atoms with E-state index in [1.807, 2.05) is 11.7 Å². The molecule has 0 saturated carbocycles. The maximum absolute atomic E-state index is 6.33. The summed E-state index contributed by atoms with van der Waals surface area (Å²) in [6.07, 6.45) is 5.29. The summed E-state index contributed by atoms with van der Waals surface area (Å²) in [4.78, 5) is 0. The lowest BCUT2D eigenvalue weighted by Crippen LogP contribution is -2.29. The number of aryl methyl sites for hydroxylation is 2. The fourth-order valence-corrected chi connectivity index (χ4v) is 2.41. The third kappa shape index (κ3) is 2.28. The lowest BCUT2D eigenvalue weighted by Gasteiger charge is -2.27. The van der Waals surface area contributed by atoms with Gasteiger partial charge in [0.25, 0.3) is 0 Å². The minimum atomic E-state index is 0.0731. The molecule has 2 atom stereocenters. The zero-order chi connectivity index (χ0) is 11.5. The van der Waals surface area contributed by atoms with Crippen LogP contribution in [0.2, 0.25) is 0 Å². The van der Waals surface area contributed by atoms with Gasteiger partial charge in [0.15, 0.2) is 0 Å². The topological polar surface area (TPSA) is 53.1 Å². The van der Waals surface area contributed by atoms with E-state index >= 15 is 0 Å². The Bertz CT molecular complexity index is 342. The van der Waals surface area contributed by atoms with Crippen LogP contribution in [0, 0.1) is 5.92 Å². The molecule has 1 aromatic heterocycles. The number of rotatable bonds is 3. The molecule has 0 aliphatic carbocycles. The van der Waals surface area contributed by atoms with Crippen LogP contribution in [0.25, 0.3) is 0 Å². The van der Waals surface area contributed by atoms with Crippen molar-refractivity contribution >= 4 is 0 Å². The Kier molecular flexibility index (Phi) is 3.61. The van der Waals surface area contributed by atoms with Crippen molar-refractivity contribution in [3.05, 3.63) is 17.5 Å². The monoisotopic (exact) mass is 223 g/mol. The van der Waals surface area contributed by atoms with Crippen LogP contribution in [0.3, 0.4) is 0 Å². The second kappa shape index (κ2) is 4.97. The van der Waals surface area contributed by atoms with E-state index in [9.17, 15) is 0 Å². The maximum Gasteiger partial charge on any atom is 0.0669 e. The second-order valence-electron chi connectivity index (χ2n) is 4.56. The molecule has 16 heavy (non-hydrogen) atoms. The Hall–Kier alpha value is -0.870. The summed E-state index contributed by atoms with van der Waals surface area (Å²) in [5.41, 5.74) is 8.65. The number of nitrogens with two attached hydrogens (primary N) is 1. The zero-order valence-electron chi connectivity index (χ0n) is 10.1. The van der Waals surface area contributed by atoms with Gasteiger partial charge < -0.3 is 10.5 Å². The average molecular weight is 223 g/mol. The van der Waals surface area contributed by atoms with Crippen LogP contribution in [-0.2, 0) is 18.2 Å². The minimum absolute atomic E-state index is 0.0731. The smallest absolute Gasteiger partial charge is 0.0669 e. The van der Waals surface area contributed by atoms with Crippen molar-refractivity contribution in [1.29, 1.82) is 0 Å². The highest BCUT2D eigenvalue weighted by atomic mass is 16.5. The highest BCUT2D eigenvalue weighted by molar-refractivity contribution is 5.22. The molecule has 2 heterocycles. The fourth-order valence-electron chi connectivity index (χ4n) is 2.41. The van der Waals surface area contributed by atoms with Gasteiger partial charge in [-0.1, -0.05) is 6.92 Å². The molecule has 90 valence electrons. The van der Waals surface area contributed by atoms with Gasteiger partial charge in [0.1, 0.15) is 0 Å². The lowest BCUT2D eigenvalue weighted by molar-refractivity contribution is 0.0446. The molecular weight excluding hydrogens is 202 g/mol. The summed E-state index contributed by atoms with van der Waals surface area (Å²) in [6.45, 7) is 3.80. The van der Waals surface area contributed by atoms with E-state index < -0.39 is 0 Å². The van der Waals surface area contributed by atoms with Gasteiger partial charge in [-0.2, -0.15) is 5.10 Å². The Morgan fingerprint density at radius 3 is 3.12 bits per heavy atom. The van der Waals surface area contributed by atoms with Crippen LogP contribution in [-0.4, -0.2) is 23.0 Å². The van der Waals surface area contributed by atoms with Crippen molar-refractivity contribution in [3.8, 4) is 0 Å². The fraction of sp³-hybridized carbons (Fsp3) is 0.750. The number of hydrogen-bond donors (Lipinski definition) is 1. The molecule has 2 N–H and O–H groups in total. The molecule has 0 amide bonds. The molecule has 1 aromatic rings. The molecule has 4 heteroatoms. The van der Waals surface area contributed by atoms with Gasteiger partial charge in [-0.3, -0.25) is 4.68 Å². The van der Waals surface area contributed by atoms with Crippen molar-refractivity contribution in [2.24, 2.45) is 18.7 Å². The Morgan fingerprint density at radius 2 is 2.50 bits per heavy atom. The number of hydrogen-bond acceptors (Lipinski definition) is 3. The Labute approximate surface area is 96.8 Å². The van der Waals surface area contributed by atoms with Crippen LogP contribution in [0.5, 0.6) is 0 Å². The normalized spacial score (nSPS) is 23.3. The minimum Gasteiger partial charge on any atom is -0.381 e. The summed E-state index contributed by atoms with van der Waals surface area (Å²) in [6, 6.07) is 0.0731. The van der Waals surface area contributed by atoms with Crippen LogP contribution < -0.4 is 5.73 Å². The SMILES string of the molecule is CCc1nn(C)cc1C(N)C1CCCOC1. The van der Waals surface area contributed by atoms with Gasteiger partial charge in [-0.15, -0.1) is 0 Å². The number of nitrogens with zero attached hydrogens (tertiary/aromatic N) is 2. The van der Waals surface area contributed by atoms with E-state index in [1.165, 1.54) is 12.0 Å². The highest BCUT2D eigenvalue weighted by Gasteiger charge is 2.25. The molecular formula is C12H21N3O. The molecule has 2 unspecified atom stereocenters. The molecule has 1 aliphatic heterocycles. The van der Waals surface area contributed by atoms with Crippen LogP contribution in [0.15, 0.2) is 6.20 Å². The second-order valence-corrected chi connectivity index (χ2v) is 4.56. The van der Waals surface area contributed by atoms with Gasteiger partial charge >= 0.3 is 0 Å². The third-order valence-electron chi connectivity index (χ3n) is 3.33. The first-order valence-electron chi connectivity index (χ1n) is 6.08. The molecule has 1 fully saturated rings. The molecule has 1 aliphatic rings. The molecule has 0 spiro atoms. The quantitative estimate of drug-likeness (QED) is 0.843. The van der Waals surface area contributed by atoms with Crippen LogP contribution in [0.4, 0.5) is 0 Å². The molecule has 1 saturated heterocycles. The molecule has 0 aromatic carbocycles. The standard InChI is InChI=1S/C12H21N3O/c1-3-11-10(7-15(2)14-11)12(13)9-5-4-6-16-8-9/h7,9,12H,3-6,8,13H2,1-2H3. The van der Waals surface area contributed by atoms with Gasteiger partial charge in [0, 0.05) is 37.4 Å². The van der Waals surface area contributed by atoms with Crippen molar-refractivity contribution in [1.82, 2.24) is 9.78 Å². The van der Waals surface area contributed by atoms with Crippen molar-refractivity contribution < 1.29 is 4.74 Å². The first-order valence-corrected chi connectivity index (χ1v) is 6.08. The summed E-state index contributed by atoms with van der Waals surface area (Å²) in [7, 11) is 1.95. The van der Waals surface area contributed by atoms with Crippen LogP contribution in [0.1, 0.15) is 37.1 Å². The van der Waals surface area contributed by atoms with E-state index in [1.54, 1.807) is 0 Å². The molecule has 0 bridgehead atoms. The summed E-state index contributed by atoms with van der Waals surface area (Å²) >= 11 is 0. The lowest BCUT2D eigenvalue weighted by atomic mass is 9.89. The van der Waals surface area contributed by atoms with Gasteiger partial charge in [-0.25, -0.2) is 0 Å². The summed E-state index contributed by atoms with van der Waals surface area (Å²) in [5, 5.41) is 4.44. The van der Waals surface area contributed by atoms with Crippen molar-refractivity contribution in [3.63, 3.8) is 0 Å². The zero-order valence-corrected chi connectivity index (χ0v) is 10.1. The summed E-state index contributed by atoms with van der Waals surface area (Å²) in [5.74, 6) is 0.447. The largest absolute Gasteiger partial charge is 0.381 e.